The molecule has 0 fully saturated rings. The van der Waals surface area contributed by atoms with Crippen LogP contribution >= 0.6 is 0 Å². The number of nitrogens with zero attached hydrogens (tertiary/aromatic N) is 1. The zero-order valence-corrected chi connectivity index (χ0v) is 13.8. The van der Waals surface area contributed by atoms with Crippen molar-refractivity contribution >= 4 is 16.9 Å². The number of para-hydroxylation sites is 1. The molecule has 0 spiro atoms. The summed E-state index contributed by atoms with van der Waals surface area (Å²) in [6, 6.07) is 17.4. The number of esters is 1. The van der Waals surface area contributed by atoms with Crippen molar-refractivity contribution in [3.63, 3.8) is 0 Å². The lowest BCUT2D eigenvalue weighted by atomic mass is 10.1. The minimum absolute atomic E-state index is 0.0652. The van der Waals surface area contributed by atoms with Crippen LogP contribution in [-0.4, -0.2) is 16.8 Å². The number of carbonyl (C=O) groups excluding carboxylic acids is 1. The predicted molar refractivity (Wildman–Crippen MR) is 93.6 cm³/mol. The summed E-state index contributed by atoms with van der Waals surface area (Å²) in [5.74, 6) is 0.0585. The van der Waals surface area contributed by atoms with Gasteiger partial charge in [0, 0.05) is 12.3 Å². The number of rotatable bonds is 3. The van der Waals surface area contributed by atoms with Gasteiger partial charge >= 0.3 is 5.97 Å². The zero-order chi connectivity index (χ0) is 17.4. The largest absolute Gasteiger partial charge is 0.439 e. The highest BCUT2D eigenvalue weighted by atomic mass is 16.7. The molecule has 2 aromatic carbocycles. The maximum Gasteiger partial charge on any atom is 0.305 e. The van der Waals surface area contributed by atoms with E-state index < -0.39 is 12.3 Å². The summed E-state index contributed by atoms with van der Waals surface area (Å²) in [7, 11) is 0. The van der Waals surface area contributed by atoms with E-state index in [-0.39, 0.29) is 11.8 Å². The molecular weight excluding hydrogens is 318 g/mol. The summed E-state index contributed by atoms with van der Waals surface area (Å²) in [5, 5.41) is 0.643. The quantitative estimate of drug-likeness (QED) is 0.691. The van der Waals surface area contributed by atoms with E-state index in [1.807, 2.05) is 59.2 Å². The van der Waals surface area contributed by atoms with Crippen LogP contribution in [0, 0.1) is 0 Å². The first-order chi connectivity index (χ1) is 12.1. The number of fused-ring (bicyclic) bond motifs is 2. The SMILES string of the molecule is CC(=O)OC1Cc2c(n(Cc3ccccc3)c3ccccc3c2=O)O1. The van der Waals surface area contributed by atoms with Crippen molar-refractivity contribution in [3.8, 4) is 5.88 Å². The Balaban J connectivity index is 1.88. The van der Waals surface area contributed by atoms with Gasteiger partial charge in [-0.25, -0.2) is 0 Å². The van der Waals surface area contributed by atoms with Crippen molar-refractivity contribution in [2.24, 2.45) is 0 Å². The average molecular weight is 335 g/mol. The molecule has 5 heteroatoms. The fourth-order valence-electron chi connectivity index (χ4n) is 3.25. The predicted octanol–water partition coefficient (Wildman–Crippen LogP) is 2.87. The van der Waals surface area contributed by atoms with E-state index in [0.717, 1.165) is 11.1 Å². The third kappa shape index (κ3) is 2.78. The van der Waals surface area contributed by atoms with Gasteiger partial charge in [0.25, 0.3) is 0 Å². The maximum absolute atomic E-state index is 12.8. The van der Waals surface area contributed by atoms with Gasteiger partial charge in [0.15, 0.2) is 5.43 Å². The van der Waals surface area contributed by atoms with Gasteiger partial charge in [-0.2, -0.15) is 0 Å². The Bertz CT molecular complexity index is 1010. The fraction of sp³-hybridized carbons (Fsp3) is 0.200. The van der Waals surface area contributed by atoms with Crippen LogP contribution < -0.4 is 10.2 Å². The number of pyridine rings is 1. The third-order valence-electron chi connectivity index (χ3n) is 4.31. The van der Waals surface area contributed by atoms with E-state index in [1.54, 1.807) is 0 Å². The Kier molecular flexibility index (Phi) is 3.76. The Morgan fingerprint density at radius 1 is 1.16 bits per heavy atom. The lowest BCUT2D eigenvalue weighted by Crippen LogP contribution is -2.21. The van der Waals surface area contributed by atoms with E-state index >= 15 is 0 Å². The second-order valence-corrected chi connectivity index (χ2v) is 6.06. The molecular formula is C20H17NO4. The lowest BCUT2D eigenvalue weighted by Gasteiger charge is -2.17. The summed E-state index contributed by atoms with van der Waals surface area (Å²) in [5.41, 5.74) is 2.39. The standard InChI is InChI=1S/C20H17NO4/c1-13(22)24-18-11-16-19(23)15-9-5-6-10-17(15)21(20(16)25-18)12-14-7-3-2-4-8-14/h2-10,18H,11-12H2,1H3. The Morgan fingerprint density at radius 2 is 1.88 bits per heavy atom. The number of ether oxygens (including phenoxy) is 2. The minimum atomic E-state index is -0.751. The van der Waals surface area contributed by atoms with Gasteiger partial charge in [-0.15, -0.1) is 0 Å². The van der Waals surface area contributed by atoms with Crippen LogP contribution in [-0.2, 0) is 22.5 Å². The molecule has 0 saturated heterocycles. The van der Waals surface area contributed by atoms with Gasteiger partial charge in [0.05, 0.1) is 24.0 Å². The lowest BCUT2D eigenvalue weighted by molar-refractivity contribution is -0.158. The van der Waals surface area contributed by atoms with E-state index in [0.29, 0.717) is 23.4 Å². The highest BCUT2D eigenvalue weighted by molar-refractivity contribution is 5.81. The summed E-state index contributed by atoms with van der Waals surface area (Å²) in [6.07, 6.45) is -0.480. The normalized spacial score (nSPS) is 15.6. The molecule has 1 aliphatic rings. The number of aromatic nitrogens is 1. The van der Waals surface area contributed by atoms with Crippen LogP contribution in [0.2, 0.25) is 0 Å². The van der Waals surface area contributed by atoms with E-state index in [4.69, 9.17) is 9.47 Å². The highest BCUT2D eigenvalue weighted by Gasteiger charge is 2.31. The van der Waals surface area contributed by atoms with Crippen LogP contribution in [0.3, 0.4) is 0 Å². The molecule has 1 aromatic heterocycles. The van der Waals surface area contributed by atoms with Gasteiger partial charge in [-0.1, -0.05) is 42.5 Å². The van der Waals surface area contributed by atoms with Crippen molar-refractivity contribution in [3.05, 3.63) is 75.9 Å². The Hall–Kier alpha value is -3.08. The number of benzene rings is 2. The second-order valence-electron chi connectivity index (χ2n) is 6.06. The van der Waals surface area contributed by atoms with Gasteiger partial charge < -0.3 is 14.0 Å². The molecule has 3 aromatic rings. The van der Waals surface area contributed by atoms with Crippen LogP contribution in [0.5, 0.6) is 5.88 Å². The van der Waals surface area contributed by atoms with Crippen LogP contribution in [0.25, 0.3) is 10.9 Å². The van der Waals surface area contributed by atoms with Crippen molar-refractivity contribution in [2.75, 3.05) is 0 Å². The van der Waals surface area contributed by atoms with Gasteiger partial charge in [0.2, 0.25) is 12.2 Å². The molecule has 126 valence electrons. The van der Waals surface area contributed by atoms with Gasteiger partial charge in [-0.3, -0.25) is 9.59 Å². The molecule has 1 atom stereocenters. The molecule has 4 rings (SSSR count). The average Bonchev–Trinajstić information content (AvgIpc) is 3.03. The summed E-state index contributed by atoms with van der Waals surface area (Å²) in [6.45, 7) is 1.90. The number of hydrogen-bond acceptors (Lipinski definition) is 4. The Morgan fingerprint density at radius 3 is 2.64 bits per heavy atom. The molecule has 5 nitrogen and oxygen atoms in total. The number of hydrogen-bond donors (Lipinski definition) is 0. The first-order valence-electron chi connectivity index (χ1n) is 8.15. The molecule has 0 aliphatic carbocycles. The number of carbonyl (C=O) groups is 1. The molecule has 0 amide bonds. The van der Waals surface area contributed by atoms with Gasteiger partial charge in [0.1, 0.15) is 0 Å². The highest BCUT2D eigenvalue weighted by Crippen LogP contribution is 2.31. The molecule has 0 radical (unpaired) electrons. The van der Waals surface area contributed by atoms with E-state index in [9.17, 15) is 9.59 Å². The van der Waals surface area contributed by atoms with Crippen LogP contribution in [0.1, 0.15) is 18.1 Å². The fourth-order valence-corrected chi connectivity index (χ4v) is 3.25. The van der Waals surface area contributed by atoms with E-state index in [1.165, 1.54) is 6.92 Å². The summed E-state index contributed by atoms with van der Waals surface area (Å²) >= 11 is 0. The topological polar surface area (TPSA) is 57.5 Å². The molecule has 2 heterocycles. The van der Waals surface area contributed by atoms with Crippen molar-refractivity contribution in [2.45, 2.75) is 26.2 Å². The first-order valence-corrected chi connectivity index (χ1v) is 8.15. The smallest absolute Gasteiger partial charge is 0.305 e. The van der Waals surface area contributed by atoms with Crippen molar-refractivity contribution < 1.29 is 14.3 Å². The third-order valence-corrected chi connectivity index (χ3v) is 4.31. The maximum atomic E-state index is 12.8. The van der Waals surface area contributed by atoms with Crippen LogP contribution in [0.15, 0.2) is 59.4 Å². The molecule has 0 bridgehead atoms. The summed E-state index contributed by atoms with van der Waals surface area (Å²) in [4.78, 5) is 24.1. The van der Waals surface area contributed by atoms with E-state index in [2.05, 4.69) is 0 Å². The van der Waals surface area contributed by atoms with Crippen LogP contribution in [0.4, 0.5) is 0 Å². The van der Waals surface area contributed by atoms with Crippen molar-refractivity contribution in [1.29, 1.82) is 0 Å². The molecule has 25 heavy (non-hydrogen) atoms. The Labute approximate surface area is 144 Å². The van der Waals surface area contributed by atoms with Crippen molar-refractivity contribution in [1.82, 2.24) is 4.57 Å². The molecule has 0 N–H and O–H groups in total. The minimum Gasteiger partial charge on any atom is -0.439 e. The molecule has 1 aliphatic heterocycles. The zero-order valence-electron chi connectivity index (χ0n) is 13.8. The summed E-state index contributed by atoms with van der Waals surface area (Å²) < 4.78 is 13.0. The second kappa shape index (κ2) is 6.09. The van der Waals surface area contributed by atoms with Gasteiger partial charge in [-0.05, 0) is 17.7 Å². The molecule has 1 unspecified atom stereocenters. The first kappa shape index (κ1) is 15.4. The monoisotopic (exact) mass is 335 g/mol. The molecule has 0 saturated carbocycles.